The Bertz CT molecular complexity index is 196. The van der Waals surface area contributed by atoms with E-state index in [1.807, 2.05) is 0 Å². The van der Waals surface area contributed by atoms with Gasteiger partial charge in [-0.2, -0.15) is 0 Å². The first kappa shape index (κ1) is 11.4. The summed E-state index contributed by atoms with van der Waals surface area (Å²) in [6.07, 6.45) is 8.62. The van der Waals surface area contributed by atoms with Gasteiger partial charge in [0.25, 0.3) is 0 Å². The van der Waals surface area contributed by atoms with E-state index in [1.54, 1.807) is 0 Å². The second kappa shape index (κ2) is 4.86. The molecule has 2 aliphatic carbocycles. The summed E-state index contributed by atoms with van der Waals surface area (Å²) in [5.74, 6) is 2.73. The molecule has 2 rings (SSSR count). The minimum atomic E-state index is 0.819. The number of hydrogen-bond acceptors (Lipinski definition) is 1. The van der Waals surface area contributed by atoms with Crippen LogP contribution in [0.5, 0.6) is 0 Å². The molecule has 15 heavy (non-hydrogen) atoms. The van der Waals surface area contributed by atoms with Crippen LogP contribution in [0.1, 0.15) is 59.3 Å². The van der Waals surface area contributed by atoms with Crippen LogP contribution >= 0.6 is 0 Å². The first-order valence-corrected chi connectivity index (χ1v) is 6.93. The molecule has 0 saturated heterocycles. The quantitative estimate of drug-likeness (QED) is 0.749. The van der Waals surface area contributed by atoms with Crippen LogP contribution in [-0.4, -0.2) is 12.1 Å². The highest BCUT2D eigenvalue weighted by molar-refractivity contribution is 4.89. The normalized spacial score (nSPS) is 38.0. The zero-order valence-electron chi connectivity index (χ0n) is 10.6. The molecule has 0 radical (unpaired) electrons. The zero-order valence-corrected chi connectivity index (χ0v) is 10.6. The molecule has 88 valence electrons. The van der Waals surface area contributed by atoms with E-state index < -0.39 is 0 Å². The lowest BCUT2D eigenvalue weighted by molar-refractivity contribution is 0.142. The molecule has 0 amide bonds. The highest BCUT2D eigenvalue weighted by Gasteiger charge is 2.32. The molecule has 1 heteroatoms. The lowest BCUT2D eigenvalue weighted by atomic mass is 9.73. The lowest BCUT2D eigenvalue weighted by Crippen LogP contribution is -2.49. The predicted octanol–water partition coefficient (Wildman–Crippen LogP) is 3.59. The molecular formula is C14H27N. The van der Waals surface area contributed by atoms with Gasteiger partial charge in [0.15, 0.2) is 0 Å². The third-order valence-electron chi connectivity index (χ3n) is 4.58. The van der Waals surface area contributed by atoms with Crippen molar-refractivity contribution in [2.45, 2.75) is 71.4 Å². The molecule has 3 unspecified atom stereocenters. The molecule has 0 aliphatic heterocycles. The van der Waals surface area contributed by atoms with Gasteiger partial charge in [-0.3, -0.25) is 0 Å². The predicted molar refractivity (Wildman–Crippen MR) is 65.9 cm³/mol. The molecule has 2 aliphatic rings. The summed E-state index contributed by atoms with van der Waals surface area (Å²) < 4.78 is 0. The Kier molecular flexibility index (Phi) is 3.71. The fourth-order valence-corrected chi connectivity index (χ4v) is 3.27. The Morgan fingerprint density at radius 2 is 1.80 bits per heavy atom. The van der Waals surface area contributed by atoms with Crippen LogP contribution in [0.3, 0.4) is 0 Å². The van der Waals surface area contributed by atoms with Crippen molar-refractivity contribution in [3.63, 3.8) is 0 Å². The third kappa shape index (κ3) is 2.75. The van der Waals surface area contributed by atoms with E-state index >= 15 is 0 Å². The monoisotopic (exact) mass is 209 g/mol. The zero-order chi connectivity index (χ0) is 10.8. The van der Waals surface area contributed by atoms with Crippen molar-refractivity contribution in [2.24, 2.45) is 17.8 Å². The Morgan fingerprint density at radius 1 is 1.07 bits per heavy atom. The second-order valence-corrected chi connectivity index (χ2v) is 6.23. The minimum absolute atomic E-state index is 0.819. The van der Waals surface area contributed by atoms with Crippen LogP contribution in [-0.2, 0) is 0 Å². The molecule has 2 saturated carbocycles. The minimum Gasteiger partial charge on any atom is -0.311 e. The Morgan fingerprint density at radius 3 is 2.33 bits per heavy atom. The van der Waals surface area contributed by atoms with Crippen molar-refractivity contribution in [1.82, 2.24) is 5.32 Å². The molecule has 0 aromatic rings. The van der Waals surface area contributed by atoms with Crippen molar-refractivity contribution < 1.29 is 0 Å². The molecule has 0 aromatic heterocycles. The molecule has 0 bridgehead atoms. The summed E-state index contributed by atoms with van der Waals surface area (Å²) in [6, 6.07) is 1.68. The fraction of sp³-hybridized carbons (Fsp3) is 1.00. The van der Waals surface area contributed by atoms with Gasteiger partial charge in [-0.25, -0.2) is 0 Å². The van der Waals surface area contributed by atoms with E-state index in [9.17, 15) is 0 Å². The smallest absolute Gasteiger partial charge is 0.0103 e. The van der Waals surface area contributed by atoms with Gasteiger partial charge in [-0.1, -0.05) is 33.6 Å². The van der Waals surface area contributed by atoms with Crippen molar-refractivity contribution in [2.75, 3.05) is 0 Å². The summed E-state index contributed by atoms with van der Waals surface area (Å²) in [4.78, 5) is 0. The van der Waals surface area contributed by atoms with Gasteiger partial charge in [-0.05, 0) is 43.4 Å². The Balaban J connectivity index is 1.89. The fourth-order valence-electron chi connectivity index (χ4n) is 3.27. The van der Waals surface area contributed by atoms with Gasteiger partial charge in [0.1, 0.15) is 0 Å². The average Bonchev–Trinajstić information content (AvgIpc) is 2.11. The molecule has 1 nitrogen and oxygen atoms in total. The van der Waals surface area contributed by atoms with Crippen LogP contribution in [0.4, 0.5) is 0 Å². The molecule has 3 atom stereocenters. The topological polar surface area (TPSA) is 12.0 Å². The van der Waals surface area contributed by atoms with Gasteiger partial charge < -0.3 is 5.32 Å². The lowest BCUT2D eigenvalue weighted by Gasteiger charge is -2.42. The van der Waals surface area contributed by atoms with Gasteiger partial charge in [-0.15, -0.1) is 0 Å². The third-order valence-corrected chi connectivity index (χ3v) is 4.58. The maximum Gasteiger partial charge on any atom is 0.0103 e. The molecule has 0 spiro atoms. The van der Waals surface area contributed by atoms with Gasteiger partial charge in [0, 0.05) is 12.1 Å². The second-order valence-electron chi connectivity index (χ2n) is 6.23. The van der Waals surface area contributed by atoms with Crippen LogP contribution in [0, 0.1) is 17.8 Å². The molecule has 0 aromatic carbocycles. The molecular weight excluding hydrogens is 182 g/mol. The van der Waals surface area contributed by atoms with Crippen molar-refractivity contribution in [3.8, 4) is 0 Å². The van der Waals surface area contributed by atoms with Crippen LogP contribution < -0.4 is 5.32 Å². The van der Waals surface area contributed by atoms with Crippen molar-refractivity contribution >= 4 is 0 Å². The van der Waals surface area contributed by atoms with Crippen LogP contribution in [0.25, 0.3) is 0 Å². The first-order valence-electron chi connectivity index (χ1n) is 6.93. The molecule has 1 N–H and O–H groups in total. The van der Waals surface area contributed by atoms with Crippen molar-refractivity contribution in [3.05, 3.63) is 0 Å². The largest absolute Gasteiger partial charge is 0.311 e. The van der Waals surface area contributed by atoms with Crippen LogP contribution in [0.2, 0.25) is 0 Å². The number of rotatable bonds is 3. The average molecular weight is 209 g/mol. The summed E-state index contributed by atoms with van der Waals surface area (Å²) in [5, 5.41) is 3.92. The van der Waals surface area contributed by atoms with Gasteiger partial charge >= 0.3 is 0 Å². The van der Waals surface area contributed by atoms with Gasteiger partial charge in [0.05, 0.1) is 0 Å². The maximum atomic E-state index is 3.92. The van der Waals surface area contributed by atoms with E-state index in [4.69, 9.17) is 0 Å². The van der Waals surface area contributed by atoms with E-state index in [0.717, 1.165) is 29.8 Å². The molecule has 0 heterocycles. The standard InChI is InChI=1S/C14H27N/c1-10(2)13-8-7-11(3)9-14(13)15-12-5-4-6-12/h10-15H,4-9H2,1-3H3. The number of hydrogen-bond donors (Lipinski definition) is 1. The number of nitrogens with one attached hydrogen (secondary N) is 1. The van der Waals surface area contributed by atoms with Crippen molar-refractivity contribution in [1.29, 1.82) is 0 Å². The van der Waals surface area contributed by atoms with E-state index in [1.165, 1.54) is 38.5 Å². The summed E-state index contributed by atoms with van der Waals surface area (Å²) in [6.45, 7) is 7.22. The highest BCUT2D eigenvalue weighted by Crippen LogP contribution is 2.34. The Labute approximate surface area is 95.0 Å². The molecule has 2 fully saturated rings. The first-order chi connectivity index (χ1) is 7.16. The van der Waals surface area contributed by atoms with Crippen LogP contribution in [0.15, 0.2) is 0 Å². The van der Waals surface area contributed by atoms with E-state index in [2.05, 4.69) is 26.1 Å². The SMILES string of the molecule is CC1CCC(C(C)C)C(NC2CCC2)C1. The summed E-state index contributed by atoms with van der Waals surface area (Å²) in [5.41, 5.74) is 0. The Hall–Kier alpha value is -0.0400. The maximum absolute atomic E-state index is 3.92. The van der Waals surface area contributed by atoms with Gasteiger partial charge in [0.2, 0.25) is 0 Å². The van der Waals surface area contributed by atoms with E-state index in [-0.39, 0.29) is 0 Å². The highest BCUT2D eigenvalue weighted by atomic mass is 15.0. The van der Waals surface area contributed by atoms with E-state index in [0.29, 0.717) is 0 Å². The summed E-state index contributed by atoms with van der Waals surface area (Å²) >= 11 is 0. The summed E-state index contributed by atoms with van der Waals surface area (Å²) in [7, 11) is 0.